The number of rotatable bonds is 4. The predicted octanol–water partition coefficient (Wildman–Crippen LogP) is 3.03. The predicted molar refractivity (Wildman–Crippen MR) is 55.2 cm³/mol. The number of benzene rings is 1. The summed E-state index contributed by atoms with van der Waals surface area (Å²) in [4.78, 5) is 12.9. The van der Waals surface area contributed by atoms with E-state index in [1.54, 1.807) is 19.1 Å². The minimum atomic E-state index is -0.585. The number of hydrogen-bond donors (Lipinski definition) is 1. The Morgan fingerprint density at radius 2 is 2.33 bits per heavy atom. The van der Waals surface area contributed by atoms with Crippen molar-refractivity contribution in [3.63, 3.8) is 0 Å². The number of nitroso groups, excluding NO2 is 1. The summed E-state index contributed by atoms with van der Waals surface area (Å²) >= 11 is 0. The summed E-state index contributed by atoms with van der Waals surface area (Å²) in [5, 5.41) is 15.7. The second kappa shape index (κ2) is 4.97. The molecule has 1 aromatic rings. The highest BCUT2D eigenvalue weighted by atomic mass is 16.3. The van der Waals surface area contributed by atoms with Crippen LogP contribution in [0, 0.1) is 4.91 Å². The van der Waals surface area contributed by atoms with Crippen molar-refractivity contribution in [1.82, 2.24) is 0 Å². The molecule has 15 heavy (non-hydrogen) atoms. The van der Waals surface area contributed by atoms with Gasteiger partial charge in [-0.05, 0) is 24.1 Å². The maximum Gasteiger partial charge on any atom is 0.121 e. The summed E-state index contributed by atoms with van der Waals surface area (Å²) in [7, 11) is 0. The van der Waals surface area contributed by atoms with Gasteiger partial charge >= 0.3 is 0 Å². The van der Waals surface area contributed by atoms with Gasteiger partial charge in [-0.1, -0.05) is 22.4 Å². The van der Waals surface area contributed by atoms with Crippen LogP contribution in [0.5, 0.6) is 5.75 Å². The van der Waals surface area contributed by atoms with Gasteiger partial charge in [0, 0.05) is 10.5 Å². The standard InChI is InChI=1S/C9H10N4O2/c1-6(12-15)8-3-2-7(4-9(8)14)5-11-13-10/h2-4,6,14H,5H2,1H3. The van der Waals surface area contributed by atoms with Crippen LogP contribution in [0.2, 0.25) is 0 Å². The van der Waals surface area contributed by atoms with Crippen LogP contribution < -0.4 is 0 Å². The SMILES string of the molecule is CC(N=O)c1ccc(CN=[N+]=[N-])cc1O. The van der Waals surface area contributed by atoms with E-state index in [1.165, 1.54) is 6.07 Å². The molecule has 0 heterocycles. The van der Waals surface area contributed by atoms with Gasteiger partial charge in [-0.3, -0.25) is 0 Å². The second-order valence-electron chi connectivity index (χ2n) is 3.06. The van der Waals surface area contributed by atoms with Crippen molar-refractivity contribution in [1.29, 1.82) is 0 Å². The van der Waals surface area contributed by atoms with Crippen LogP contribution in [-0.4, -0.2) is 5.11 Å². The lowest BCUT2D eigenvalue weighted by molar-refractivity contribution is 0.463. The topological polar surface area (TPSA) is 98.4 Å². The van der Waals surface area contributed by atoms with Gasteiger partial charge in [0.2, 0.25) is 0 Å². The molecule has 1 atom stereocenters. The molecule has 1 N–H and O–H groups in total. The molecule has 0 aliphatic rings. The zero-order chi connectivity index (χ0) is 11.3. The highest BCUT2D eigenvalue weighted by molar-refractivity contribution is 5.38. The summed E-state index contributed by atoms with van der Waals surface area (Å²) in [6.45, 7) is 1.77. The van der Waals surface area contributed by atoms with E-state index in [-0.39, 0.29) is 12.3 Å². The first-order valence-electron chi connectivity index (χ1n) is 4.34. The minimum absolute atomic E-state index is 0.00672. The fraction of sp³-hybridized carbons (Fsp3) is 0.333. The van der Waals surface area contributed by atoms with E-state index in [2.05, 4.69) is 15.2 Å². The van der Waals surface area contributed by atoms with E-state index in [0.29, 0.717) is 11.1 Å². The maximum atomic E-state index is 10.3. The minimum Gasteiger partial charge on any atom is -0.508 e. The molecule has 1 unspecified atom stereocenters. The van der Waals surface area contributed by atoms with Crippen LogP contribution in [-0.2, 0) is 6.54 Å². The van der Waals surface area contributed by atoms with E-state index >= 15 is 0 Å². The van der Waals surface area contributed by atoms with E-state index in [1.807, 2.05) is 0 Å². The highest BCUT2D eigenvalue weighted by Gasteiger charge is 2.10. The van der Waals surface area contributed by atoms with Gasteiger partial charge in [0.25, 0.3) is 0 Å². The molecule has 0 bridgehead atoms. The fourth-order valence-corrected chi connectivity index (χ4v) is 1.21. The van der Waals surface area contributed by atoms with Crippen molar-refractivity contribution < 1.29 is 5.11 Å². The van der Waals surface area contributed by atoms with Gasteiger partial charge in [0.05, 0.1) is 6.54 Å². The van der Waals surface area contributed by atoms with Crippen LogP contribution in [0.15, 0.2) is 28.5 Å². The Kier molecular flexibility index (Phi) is 3.65. The summed E-state index contributed by atoms with van der Waals surface area (Å²) in [6.07, 6.45) is 0. The smallest absolute Gasteiger partial charge is 0.121 e. The lowest BCUT2D eigenvalue weighted by Gasteiger charge is -2.07. The van der Waals surface area contributed by atoms with Crippen molar-refractivity contribution in [2.75, 3.05) is 0 Å². The molecule has 0 aromatic heterocycles. The van der Waals surface area contributed by atoms with Crippen LogP contribution in [0.3, 0.4) is 0 Å². The largest absolute Gasteiger partial charge is 0.508 e. The fourth-order valence-electron chi connectivity index (χ4n) is 1.21. The molecule has 0 spiro atoms. The van der Waals surface area contributed by atoms with Gasteiger partial charge in [-0.25, -0.2) is 0 Å². The summed E-state index contributed by atoms with van der Waals surface area (Å²) in [6, 6.07) is 4.17. The summed E-state index contributed by atoms with van der Waals surface area (Å²) in [5.74, 6) is -0.00672. The number of hydrogen-bond acceptors (Lipinski definition) is 4. The monoisotopic (exact) mass is 206 g/mol. The zero-order valence-electron chi connectivity index (χ0n) is 8.16. The Morgan fingerprint density at radius 1 is 1.60 bits per heavy atom. The Morgan fingerprint density at radius 3 is 2.87 bits per heavy atom. The highest BCUT2D eigenvalue weighted by Crippen LogP contribution is 2.27. The molecule has 0 radical (unpaired) electrons. The van der Waals surface area contributed by atoms with Gasteiger partial charge < -0.3 is 5.11 Å². The third-order valence-electron chi connectivity index (χ3n) is 2.02. The van der Waals surface area contributed by atoms with Crippen LogP contribution >= 0.6 is 0 Å². The van der Waals surface area contributed by atoms with Crippen LogP contribution in [0.25, 0.3) is 10.4 Å². The van der Waals surface area contributed by atoms with Crippen molar-refractivity contribution in [3.05, 3.63) is 44.7 Å². The lowest BCUT2D eigenvalue weighted by Crippen LogP contribution is -1.91. The van der Waals surface area contributed by atoms with Crippen molar-refractivity contribution >= 4 is 0 Å². The molecule has 0 saturated carbocycles. The average Bonchev–Trinajstić information content (AvgIpc) is 2.25. The van der Waals surface area contributed by atoms with Gasteiger partial charge in [0.1, 0.15) is 11.8 Å². The Labute approximate surface area is 86.1 Å². The first kappa shape index (κ1) is 11.0. The van der Waals surface area contributed by atoms with Crippen molar-refractivity contribution in [3.8, 4) is 5.75 Å². The second-order valence-corrected chi connectivity index (χ2v) is 3.06. The van der Waals surface area contributed by atoms with E-state index in [0.717, 1.165) is 0 Å². The van der Waals surface area contributed by atoms with Crippen LogP contribution in [0.1, 0.15) is 24.1 Å². The van der Waals surface area contributed by atoms with E-state index < -0.39 is 6.04 Å². The summed E-state index contributed by atoms with van der Waals surface area (Å²) < 4.78 is 0. The molecule has 0 saturated heterocycles. The molecular weight excluding hydrogens is 196 g/mol. The molecule has 6 nitrogen and oxygen atoms in total. The molecular formula is C9H10N4O2. The molecule has 1 aromatic carbocycles. The third-order valence-corrected chi connectivity index (χ3v) is 2.02. The first-order chi connectivity index (χ1) is 7.19. The van der Waals surface area contributed by atoms with Crippen molar-refractivity contribution in [2.24, 2.45) is 10.3 Å². The van der Waals surface area contributed by atoms with Gasteiger partial charge in [-0.2, -0.15) is 4.91 Å². The van der Waals surface area contributed by atoms with E-state index in [4.69, 9.17) is 5.53 Å². The average molecular weight is 206 g/mol. The van der Waals surface area contributed by atoms with Crippen LogP contribution in [0.4, 0.5) is 0 Å². The first-order valence-corrected chi connectivity index (χ1v) is 4.34. The Bertz CT molecular complexity index is 413. The molecule has 0 aliphatic carbocycles. The normalized spacial score (nSPS) is 11.5. The van der Waals surface area contributed by atoms with Gasteiger partial charge in [-0.15, -0.1) is 0 Å². The quantitative estimate of drug-likeness (QED) is 0.354. The molecule has 0 aliphatic heterocycles. The summed E-state index contributed by atoms with van der Waals surface area (Å²) in [5.41, 5.74) is 9.27. The van der Waals surface area contributed by atoms with E-state index in [9.17, 15) is 10.0 Å². The number of azide groups is 1. The molecule has 78 valence electrons. The lowest BCUT2D eigenvalue weighted by atomic mass is 10.1. The van der Waals surface area contributed by atoms with Gasteiger partial charge in [0.15, 0.2) is 0 Å². The molecule has 6 heteroatoms. The Balaban J connectivity index is 2.97. The Hall–Kier alpha value is -2.07. The molecule has 1 rings (SSSR count). The molecule has 0 amide bonds. The third kappa shape index (κ3) is 2.69. The maximum absolute atomic E-state index is 10.3. The molecule has 0 fully saturated rings. The number of nitrogens with zero attached hydrogens (tertiary/aromatic N) is 4. The number of phenols is 1. The number of aromatic hydroxyl groups is 1. The van der Waals surface area contributed by atoms with Crippen molar-refractivity contribution in [2.45, 2.75) is 19.5 Å². The zero-order valence-corrected chi connectivity index (χ0v) is 8.16. The number of phenolic OH excluding ortho intramolecular Hbond substituents is 1.